The van der Waals surface area contributed by atoms with E-state index in [2.05, 4.69) is 36.5 Å². The van der Waals surface area contributed by atoms with Crippen molar-refractivity contribution >= 4 is 5.69 Å². The van der Waals surface area contributed by atoms with Gasteiger partial charge < -0.3 is 5.32 Å². The predicted octanol–water partition coefficient (Wildman–Crippen LogP) is 3.50. The maximum Gasteiger partial charge on any atom is 0.272 e. The van der Waals surface area contributed by atoms with E-state index >= 15 is 0 Å². The summed E-state index contributed by atoms with van der Waals surface area (Å²) in [5, 5.41) is 14.2. The van der Waals surface area contributed by atoms with Crippen LogP contribution in [0.3, 0.4) is 0 Å². The van der Waals surface area contributed by atoms with Gasteiger partial charge in [-0.15, -0.1) is 0 Å². The fourth-order valence-corrected chi connectivity index (χ4v) is 2.02. The minimum absolute atomic E-state index is 0.180. The number of nitrogens with zero attached hydrogens (tertiary/aromatic N) is 1. The molecule has 0 spiro atoms. The minimum Gasteiger partial charge on any atom is -0.309 e. The van der Waals surface area contributed by atoms with E-state index in [0.29, 0.717) is 12.1 Å². The standard InChI is InChI=1S/C16H18N2O2/c1-12-3-6-14(7-4-12)10-17-11-15-8-5-13(2)16(9-15)18(19)20/h3-9,17H,10-11H2,1-2H3. The van der Waals surface area contributed by atoms with Crippen LogP contribution in [-0.2, 0) is 13.1 Å². The number of hydrogen-bond acceptors (Lipinski definition) is 3. The second kappa shape index (κ2) is 6.30. The van der Waals surface area contributed by atoms with Crippen LogP contribution in [0.4, 0.5) is 5.69 Å². The highest BCUT2D eigenvalue weighted by Gasteiger charge is 2.10. The topological polar surface area (TPSA) is 55.2 Å². The van der Waals surface area contributed by atoms with Crippen molar-refractivity contribution in [2.45, 2.75) is 26.9 Å². The Hall–Kier alpha value is -2.20. The van der Waals surface area contributed by atoms with Crippen LogP contribution in [-0.4, -0.2) is 4.92 Å². The highest BCUT2D eigenvalue weighted by molar-refractivity contribution is 5.42. The number of rotatable bonds is 5. The summed E-state index contributed by atoms with van der Waals surface area (Å²) in [6, 6.07) is 13.7. The zero-order chi connectivity index (χ0) is 14.5. The third-order valence-corrected chi connectivity index (χ3v) is 3.25. The second-order valence-corrected chi connectivity index (χ2v) is 4.97. The van der Waals surface area contributed by atoms with Crippen LogP contribution in [0.5, 0.6) is 0 Å². The van der Waals surface area contributed by atoms with Crippen molar-refractivity contribution in [1.29, 1.82) is 0 Å². The number of benzene rings is 2. The van der Waals surface area contributed by atoms with Crippen LogP contribution in [0, 0.1) is 24.0 Å². The summed E-state index contributed by atoms with van der Waals surface area (Å²) in [5.74, 6) is 0. The summed E-state index contributed by atoms with van der Waals surface area (Å²) >= 11 is 0. The van der Waals surface area contributed by atoms with Crippen LogP contribution < -0.4 is 5.32 Å². The number of nitrogens with one attached hydrogen (secondary N) is 1. The van der Waals surface area contributed by atoms with Gasteiger partial charge in [0, 0.05) is 24.7 Å². The van der Waals surface area contributed by atoms with Crippen molar-refractivity contribution < 1.29 is 4.92 Å². The van der Waals surface area contributed by atoms with Crippen molar-refractivity contribution in [3.8, 4) is 0 Å². The normalized spacial score (nSPS) is 10.5. The van der Waals surface area contributed by atoms with Crippen molar-refractivity contribution in [3.05, 3.63) is 74.8 Å². The van der Waals surface area contributed by atoms with Gasteiger partial charge in [-0.2, -0.15) is 0 Å². The van der Waals surface area contributed by atoms with Gasteiger partial charge in [0.25, 0.3) is 5.69 Å². The molecule has 0 aliphatic rings. The van der Waals surface area contributed by atoms with Crippen LogP contribution in [0.25, 0.3) is 0 Å². The molecule has 0 radical (unpaired) electrons. The van der Waals surface area contributed by atoms with Gasteiger partial charge in [0.1, 0.15) is 0 Å². The minimum atomic E-state index is -0.335. The molecule has 0 saturated heterocycles. The average molecular weight is 270 g/mol. The Morgan fingerprint density at radius 1 is 1.00 bits per heavy atom. The van der Waals surface area contributed by atoms with E-state index in [1.807, 2.05) is 6.07 Å². The molecule has 4 nitrogen and oxygen atoms in total. The van der Waals surface area contributed by atoms with Crippen molar-refractivity contribution in [1.82, 2.24) is 5.32 Å². The largest absolute Gasteiger partial charge is 0.309 e. The highest BCUT2D eigenvalue weighted by atomic mass is 16.6. The monoisotopic (exact) mass is 270 g/mol. The lowest BCUT2D eigenvalue weighted by Crippen LogP contribution is -2.12. The molecule has 2 rings (SSSR count). The Morgan fingerprint density at radius 2 is 1.60 bits per heavy atom. The van der Waals surface area contributed by atoms with Gasteiger partial charge in [0.15, 0.2) is 0 Å². The summed E-state index contributed by atoms with van der Waals surface area (Å²) < 4.78 is 0. The van der Waals surface area contributed by atoms with Crippen molar-refractivity contribution in [3.63, 3.8) is 0 Å². The first-order valence-corrected chi connectivity index (χ1v) is 6.56. The van der Waals surface area contributed by atoms with E-state index < -0.39 is 0 Å². The fraction of sp³-hybridized carbons (Fsp3) is 0.250. The molecule has 0 saturated carbocycles. The number of hydrogen-bond donors (Lipinski definition) is 1. The smallest absolute Gasteiger partial charge is 0.272 e. The maximum absolute atomic E-state index is 10.9. The second-order valence-electron chi connectivity index (χ2n) is 4.97. The molecule has 2 aromatic rings. The lowest BCUT2D eigenvalue weighted by molar-refractivity contribution is -0.385. The average Bonchev–Trinajstić information content (AvgIpc) is 2.42. The number of nitro benzene ring substituents is 1. The van der Waals surface area contributed by atoms with Gasteiger partial charge >= 0.3 is 0 Å². The Morgan fingerprint density at radius 3 is 2.25 bits per heavy atom. The van der Waals surface area contributed by atoms with Gasteiger partial charge in [-0.05, 0) is 25.0 Å². The summed E-state index contributed by atoms with van der Waals surface area (Å²) in [7, 11) is 0. The maximum atomic E-state index is 10.9. The lowest BCUT2D eigenvalue weighted by Gasteiger charge is -2.06. The van der Waals surface area contributed by atoms with E-state index in [1.165, 1.54) is 11.1 Å². The third-order valence-electron chi connectivity index (χ3n) is 3.25. The van der Waals surface area contributed by atoms with Crippen molar-refractivity contribution in [2.24, 2.45) is 0 Å². The van der Waals surface area contributed by atoms with E-state index in [4.69, 9.17) is 0 Å². The molecule has 0 aliphatic heterocycles. The molecule has 0 atom stereocenters. The van der Waals surface area contributed by atoms with E-state index in [9.17, 15) is 10.1 Å². The van der Waals surface area contributed by atoms with Crippen LogP contribution in [0.1, 0.15) is 22.3 Å². The van der Waals surface area contributed by atoms with Gasteiger partial charge in [0.2, 0.25) is 0 Å². The molecular formula is C16H18N2O2. The van der Waals surface area contributed by atoms with E-state index in [1.54, 1.807) is 19.1 Å². The first kappa shape index (κ1) is 14.2. The first-order chi connectivity index (χ1) is 9.56. The Bertz CT molecular complexity index is 606. The molecule has 20 heavy (non-hydrogen) atoms. The Labute approximate surface area is 118 Å². The van der Waals surface area contributed by atoms with E-state index in [0.717, 1.165) is 12.1 Å². The van der Waals surface area contributed by atoms with Crippen LogP contribution in [0.15, 0.2) is 42.5 Å². The number of nitro groups is 1. The molecule has 1 N–H and O–H groups in total. The zero-order valence-electron chi connectivity index (χ0n) is 11.7. The molecule has 0 heterocycles. The summed E-state index contributed by atoms with van der Waals surface area (Å²) in [6.45, 7) is 5.18. The fourth-order valence-electron chi connectivity index (χ4n) is 2.02. The Kier molecular flexibility index (Phi) is 4.48. The summed E-state index contributed by atoms with van der Waals surface area (Å²) in [4.78, 5) is 10.6. The summed E-state index contributed by atoms with van der Waals surface area (Å²) in [5.41, 5.74) is 4.24. The Balaban J connectivity index is 1.96. The van der Waals surface area contributed by atoms with Gasteiger partial charge in [-0.1, -0.05) is 42.0 Å². The quantitative estimate of drug-likeness (QED) is 0.668. The lowest BCUT2D eigenvalue weighted by atomic mass is 10.1. The SMILES string of the molecule is Cc1ccc(CNCc2ccc(C)c([N+](=O)[O-])c2)cc1. The van der Waals surface area contributed by atoms with E-state index in [-0.39, 0.29) is 10.6 Å². The number of aryl methyl sites for hydroxylation is 2. The van der Waals surface area contributed by atoms with Crippen LogP contribution >= 0.6 is 0 Å². The van der Waals surface area contributed by atoms with Crippen LogP contribution in [0.2, 0.25) is 0 Å². The summed E-state index contributed by atoms with van der Waals surface area (Å²) in [6.07, 6.45) is 0. The molecule has 104 valence electrons. The predicted molar refractivity (Wildman–Crippen MR) is 79.6 cm³/mol. The highest BCUT2D eigenvalue weighted by Crippen LogP contribution is 2.19. The van der Waals surface area contributed by atoms with Gasteiger partial charge in [-0.3, -0.25) is 10.1 Å². The molecule has 0 aliphatic carbocycles. The molecule has 0 bridgehead atoms. The van der Waals surface area contributed by atoms with Crippen molar-refractivity contribution in [2.75, 3.05) is 0 Å². The molecule has 4 heteroatoms. The van der Waals surface area contributed by atoms with Gasteiger partial charge in [0.05, 0.1) is 4.92 Å². The molecule has 2 aromatic carbocycles. The molecular weight excluding hydrogens is 252 g/mol. The molecule has 0 aromatic heterocycles. The molecule has 0 unspecified atom stereocenters. The molecule has 0 fully saturated rings. The molecule has 0 amide bonds. The van der Waals surface area contributed by atoms with Gasteiger partial charge in [-0.25, -0.2) is 0 Å². The third kappa shape index (κ3) is 3.65. The zero-order valence-corrected chi connectivity index (χ0v) is 11.7. The first-order valence-electron chi connectivity index (χ1n) is 6.56.